The van der Waals surface area contributed by atoms with Gasteiger partial charge in [-0.15, -0.1) is 0 Å². The molecule has 8 heteroatoms. The van der Waals surface area contributed by atoms with E-state index in [1.807, 2.05) is 25.2 Å². The molecule has 4 atom stereocenters. The molecular weight excluding hydrogens is 464 g/mol. The predicted octanol–water partition coefficient (Wildman–Crippen LogP) is 3.03. The first-order chi connectivity index (χ1) is 17.4. The number of benzene rings is 2. The van der Waals surface area contributed by atoms with Crippen molar-refractivity contribution in [3.8, 4) is 0 Å². The summed E-state index contributed by atoms with van der Waals surface area (Å²) < 4.78 is 33.1. The van der Waals surface area contributed by atoms with E-state index in [-0.39, 0.29) is 30.4 Å². The molecule has 0 amide bonds. The molecule has 4 rings (SSSR count). The monoisotopic (exact) mass is 497 g/mol. The quantitative estimate of drug-likeness (QED) is 0.425. The van der Waals surface area contributed by atoms with Crippen molar-refractivity contribution in [2.45, 2.75) is 43.9 Å². The van der Waals surface area contributed by atoms with Crippen molar-refractivity contribution < 1.29 is 23.7 Å². The normalized spacial score (nSPS) is 22.0. The van der Waals surface area contributed by atoms with Gasteiger partial charge in [0.1, 0.15) is 23.8 Å². The second kappa shape index (κ2) is 12.5. The Morgan fingerprint density at radius 3 is 2.03 bits per heavy atom. The maximum Gasteiger partial charge on any atom is 0.123 e. The molecule has 1 aromatic heterocycles. The van der Waals surface area contributed by atoms with Crippen LogP contribution >= 0.6 is 0 Å². The standard InChI is InChI=1S/C28H33F2N3O3/c1-32(15-13-24-4-2-3-14-31-24)27-25(36-26(19-34)28(27)35)18-33(16-20-5-9-22(29)10-6-20)17-21-7-11-23(30)12-8-21/h2-12,14,25-28,34-35H,13,15-19H2,1H3. The summed E-state index contributed by atoms with van der Waals surface area (Å²) in [5.41, 5.74) is 2.81. The summed E-state index contributed by atoms with van der Waals surface area (Å²) in [7, 11) is 1.94. The Bertz CT molecular complexity index is 1020. The largest absolute Gasteiger partial charge is 0.394 e. The van der Waals surface area contributed by atoms with Crippen molar-refractivity contribution >= 4 is 0 Å². The highest BCUT2D eigenvalue weighted by molar-refractivity contribution is 5.18. The van der Waals surface area contributed by atoms with Gasteiger partial charge < -0.3 is 14.9 Å². The summed E-state index contributed by atoms with van der Waals surface area (Å²) in [5.74, 6) is -0.599. The summed E-state index contributed by atoms with van der Waals surface area (Å²) >= 11 is 0. The number of hydrogen-bond donors (Lipinski definition) is 2. The number of likely N-dealkylation sites (N-methyl/N-ethyl adjacent to an activating group) is 1. The number of hydrogen-bond acceptors (Lipinski definition) is 6. The molecule has 0 radical (unpaired) electrons. The van der Waals surface area contributed by atoms with Crippen LogP contribution < -0.4 is 0 Å². The highest BCUT2D eigenvalue weighted by atomic mass is 19.1. The Balaban J connectivity index is 1.51. The maximum atomic E-state index is 13.5. The van der Waals surface area contributed by atoms with Crippen LogP contribution in [0.5, 0.6) is 0 Å². The molecule has 1 aliphatic heterocycles. The van der Waals surface area contributed by atoms with E-state index >= 15 is 0 Å². The predicted molar refractivity (Wildman–Crippen MR) is 133 cm³/mol. The molecule has 0 bridgehead atoms. The van der Waals surface area contributed by atoms with Crippen molar-refractivity contribution in [3.63, 3.8) is 0 Å². The fraction of sp³-hybridized carbons (Fsp3) is 0.393. The average molecular weight is 498 g/mol. The summed E-state index contributed by atoms with van der Waals surface area (Å²) in [6, 6.07) is 18.1. The van der Waals surface area contributed by atoms with Crippen LogP contribution in [0.1, 0.15) is 16.8 Å². The van der Waals surface area contributed by atoms with E-state index in [1.54, 1.807) is 30.5 Å². The van der Waals surface area contributed by atoms with Gasteiger partial charge in [0.25, 0.3) is 0 Å². The van der Waals surface area contributed by atoms with Crippen LogP contribution in [0.25, 0.3) is 0 Å². The topological polar surface area (TPSA) is 69.1 Å². The minimum absolute atomic E-state index is 0.280. The molecule has 36 heavy (non-hydrogen) atoms. The van der Waals surface area contributed by atoms with Gasteiger partial charge in [-0.3, -0.25) is 14.8 Å². The Morgan fingerprint density at radius 2 is 1.50 bits per heavy atom. The van der Waals surface area contributed by atoms with Gasteiger partial charge in [-0.05, 0) is 54.6 Å². The van der Waals surface area contributed by atoms with Gasteiger partial charge in [0.2, 0.25) is 0 Å². The third-order valence-electron chi connectivity index (χ3n) is 6.67. The van der Waals surface area contributed by atoms with Crippen LogP contribution in [0.2, 0.25) is 0 Å². The van der Waals surface area contributed by atoms with E-state index in [9.17, 15) is 19.0 Å². The zero-order valence-electron chi connectivity index (χ0n) is 20.4. The van der Waals surface area contributed by atoms with Gasteiger partial charge in [-0.25, -0.2) is 8.78 Å². The average Bonchev–Trinajstić information content (AvgIpc) is 3.20. The molecule has 2 aromatic carbocycles. The molecule has 0 spiro atoms. The van der Waals surface area contributed by atoms with Gasteiger partial charge in [-0.1, -0.05) is 30.3 Å². The first-order valence-corrected chi connectivity index (χ1v) is 12.2. The van der Waals surface area contributed by atoms with Crippen LogP contribution in [0.4, 0.5) is 8.78 Å². The zero-order valence-corrected chi connectivity index (χ0v) is 20.4. The minimum atomic E-state index is -0.854. The minimum Gasteiger partial charge on any atom is -0.394 e. The van der Waals surface area contributed by atoms with Gasteiger partial charge in [0.15, 0.2) is 0 Å². The zero-order chi connectivity index (χ0) is 25.5. The number of ether oxygens (including phenoxy) is 1. The SMILES string of the molecule is CN(CCc1ccccn1)C1C(CN(Cc2ccc(F)cc2)Cc2ccc(F)cc2)OC(CO)C1O. The van der Waals surface area contributed by atoms with Crippen molar-refractivity contribution in [2.75, 3.05) is 26.7 Å². The van der Waals surface area contributed by atoms with E-state index in [2.05, 4.69) is 14.8 Å². The van der Waals surface area contributed by atoms with Gasteiger partial charge in [0, 0.05) is 44.5 Å². The van der Waals surface area contributed by atoms with E-state index in [4.69, 9.17) is 4.74 Å². The number of aromatic nitrogens is 1. The van der Waals surface area contributed by atoms with Gasteiger partial charge in [-0.2, -0.15) is 0 Å². The Hall–Kier alpha value is -2.75. The molecule has 2 N–H and O–H groups in total. The molecule has 0 saturated carbocycles. The summed E-state index contributed by atoms with van der Waals surface area (Å²) in [6.07, 6.45) is 0.553. The first-order valence-electron chi connectivity index (χ1n) is 12.2. The van der Waals surface area contributed by atoms with E-state index in [1.165, 1.54) is 24.3 Å². The Labute approximate surface area is 210 Å². The van der Waals surface area contributed by atoms with Crippen LogP contribution in [0.3, 0.4) is 0 Å². The molecule has 192 valence electrons. The lowest BCUT2D eigenvalue weighted by Gasteiger charge is -2.33. The number of halogens is 2. The van der Waals surface area contributed by atoms with E-state index in [0.717, 1.165) is 16.8 Å². The fourth-order valence-electron chi connectivity index (χ4n) is 4.79. The number of nitrogens with zero attached hydrogens (tertiary/aromatic N) is 3. The second-order valence-corrected chi connectivity index (χ2v) is 9.35. The molecule has 0 aliphatic carbocycles. The highest BCUT2D eigenvalue weighted by Gasteiger charge is 2.45. The molecule has 2 heterocycles. The third kappa shape index (κ3) is 6.93. The van der Waals surface area contributed by atoms with E-state index in [0.29, 0.717) is 32.6 Å². The lowest BCUT2D eigenvalue weighted by atomic mass is 10.0. The van der Waals surface area contributed by atoms with Crippen molar-refractivity contribution in [1.82, 2.24) is 14.8 Å². The molecule has 3 aromatic rings. The van der Waals surface area contributed by atoms with Crippen LogP contribution in [-0.2, 0) is 24.2 Å². The first kappa shape index (κ1) is 26.3. The Morgan fingerprint density at radius 1 is 0.889 bits per heavy atom. The highest BCUT2D eigenvalue weighted by Crippen LogP contribution is 2.27. The number of rotatable bonds is 11. The summed E-state index contributed by atoms with van der Waals surface area (Å²) in [4.78, 5) is 8.58. The summed E-state index contributed by atoms with van der Waals surface area (Å²) in [5, 5.41) is 20.8. The number of aliphatic hydroxyl groups excluding tert-OH is 2. The van der Waals surface area contributed by atoms with Crippen molar-refractivity contribution in [2.24, 2.45) is 0 Å². The number of pyridine rings is 1. The third-order valence-corrected chi connectivity index (χ3v) is 6.67. The maximum absolute atomic E-state index is 13.5. The van der Waals surface area contributed by atoms with Gasteiger partial charge >= 0.3 is 0 Å². The lowest BCUT2D eigenvalue weighted by Crippen LogP contribution is -2.50. The molecular formula is C28H33F2N3O3. The van der Waals surface area contributed by atoms with E-state index < -0.39 is 12.2 Å². The Kier molecular flexibility index (Phi) is 9.12. The van der Waals surface area contributed by atoms with Crippen molar-refractivity contribution in [3.05, 3.63) is 101 Å². The number of aliphatic hydroxyl groups is 2. The molecule has 4 unspecified atom stereocenters. The fourth-order valence-corrected chi connectivity index (χ4v) is 4.79. The smallest absolute Gasteiger partial charge is 0.123 e. The summed E-state index contributed by atoms with van der Waals surface area (Å²) in [6.45, 7) is 1.87. The molecule has 6 nitrogen and oxygen atoms in total. The molecule has 1 fully saturated rings. The van der Waals surface area contributed by atoms with Gasteiger partial charge in [0.05, 0.1) is 18.8 Å². The van der Waals surface area contributed by atoms with Crippen LogP contribution in [-0.4, -0.2) is 76.1 Å². The second-order valence-electron chi connectivity index (χ2n) is 9.35. The van der Waals surface area contributed by atoms with Crippen LogP contribution in [0, 0.1) is 11.6 Å². The molecule has 1 saturated heterocycles. The van der Waals surface area contributed by atoms with Crippen molar-refractivity contribution in [1.29, 1.82) is 0 Å². The lowest BCUT2D eigenvalue weighted by molar-refractivity contribution is -0.0322. The van der Waals surface area contributed by atoms with Crippen LogP contribution in [0.15, 0.2) is 72.9 Å². The molecule has 1 aliphatic rings.